The molecular weight excluding hydrogens is 458 g/mol. The number of aromatic nitrogens is 4. The van der Waals surface area contributed by atoms with Gasteiger partial charge in [-0.3, -0.25) is 10.2 Å². The van der Waals surface area contributed by atoms with Crippen LogP contribution in [0.4, 0.5) is 0 Å². The molecular formula is C30H31N7. The van der Waals surface area contributed by atoms with Crippen LogP contribution in [0.5, 0.6) is 0 Å². The van der Waals surface area contributed by atoms with Crippen LogP contribution in [0.2, 0.25) is 0 Å². The van der Waals surface area contributed by atoms with Crippen molar-refractivity contribution in [3.8, 4) is 35.9 Å². The van der Waals surface area contributed by atoms with E-state index in [9.17, 15) is 0 Å². The van der Waals surface area contributed by atoms with E-state index in [1.54, 1.807) is 0 Å². The molecule has 3 aliphatic rings. The van der Waals surface area contributed by atoms with E-state index in [1.807, 2.05) is 12.1 Å². The van der Waals surface area contributed by atoms with Crippen molar-refractivity contribution >= 4 is 11.0 Å². The highest BCUT2D eigenvalue weighted by atomic mass is 15.4. The number of H-pyrrole nitrogens is 2. The number of terminal acetylenes is 1. The van der Waals surface area contributed by atoms with Crippen LogP contribution in [0, 0.1) is 24.7 Å². The first-order valence-electron chi connectivity index (χ1n) is 13.0. The molecule has 7 heteroatoms. The van der Waals surface area contributed by atoms with Gasteiger partial charge in [0.25, 0.3) is 0 Å². The molecule has 0 amide bonds. The third-order valence-corrected chi connectivity index (χ3v) is 7.62. The Morgan fingerprint density at radius 1 is 1.11 bits per heavy atom. The number of benzene rings is 2. The number of nitrogens with one attached hydrogen (secondary N) is 3. The first-order chi connectivity index (χ1) is 18.1. The standard InChI is InChI=1S/C28H29N7.C2H2/c1-2-25(29)30-14-26-31-21-9-6-17(12-23(21)32-26)4-3-16-5-8-20-18(11-16)7-10-22-27(20)34-28(33-22)24-13-19-15-35(19)24;1-2/h5-6,8-9,11-12,19,24-25,30H,2,7,10,13-15,29H2,1H3,(H,31,32)(H,33,34);1-2H/t19-,24-,25?,35?;/m0./s1. The molecule has 7 rings (SSSR count). The minimum absolute atomic E-state index is 0.0193. The van der Waals surface area contributed by atoms with Gasteiger partial charge in [0.1, 0.15) is 11.6 Å². The molecule has 0 saturated carbocycles. The summed E-state index contributed by atoms with van der Waals surface area (Å²) in [6.45, 7) is 3.93. The van der Waals surface area contributed by atoms with Crippen molar-refractivity contribution in [1.82, 2.24) is 30.2 Å². The Morgan fingerprint density at radius 2 is 1.92 bits per heavy atom. The summed E-state index contributed by atoms with van der Waals surface area (Å²) in [4.78, 5) is 19.2. The highest BCUT2D eigenvalue weighted by Gasteiger charge is 2.52. The molecule has 2 fully saturated rings. The van der Waals surface area contributed by atoms with Gasteiger partial charge in [-0.15, -0.1) is 12.8 Å². The smallest absolute Gasteiger partial charge is 0.124 e. The predicted molar refractivity (Wildman–Crippen MR) is 146 cm³/mol. The number of fused-ring (bicyclic) bond motifs is 5. The summed E-state index contributed by atoms with van der Waals surface area (Å²) in [7, 11) is 0. The fourth-order valence-corrected chi connectivity index (χ4v) is 5.41. The zero-order chi connectivity index (χ0) is 25.5. The van der Waals surface area contributed by atoms with E-state index in [0.29, 0.717) is 12.6 Å². The van der Waals surface area contributed by atoms with Crippen LogP contribution in [0.15, 0.2) is 36.4 Å². The maximum atomic E-state index is 5.95. The van der Waals surface area contributed by atoms with Crippen molar-refractivity contribution in [3.63, 3.8) is 0 Å². The molecule has 2 unspecified atom stereocenters. The summed E-state index contributed by atoms with van der Waals surface area (Å²) in [5.74, 6) is 8.73. The number of aromatic amines is 2. The van der Waals surface area contributed by atoms with Gasteiger partial charge in [0, 0.05) is 35.0 Å². The summed E-state index contributed by atoms with van der Waals surface area (Å²) < 4.78 is 0. The predicted octanol–water partition coefficient (Wildman–Crippen LogP) is 3.61. The number of aryl methyl sites for hydroxylation is 2. The summed E-state index contributed by atoms with van der Waals surface area (Å²) in [6.07, 6.45) is 12.2. The number of nitrogens with zero attached hydrogens (tertiary/aromatic N) is 3. The number of rotatable bonds is 5. The van der Waals surface area contributed by atoms with E-state index in [2.05, 4.69) is 81.0 Å². The lowest BCUT2D eigenvalue weighted by Gasteiger charge is -2.24. The van der Waals surface area contributed by atoms with Crippen LogP contribution >= 0.6 is 0 Å². The second-order valence-corrected chi connectivity index (χ2v) is 9.98. The SMILES string of the molecule is C#C.CCC(N)NCc1nc2ccc(C#Cc3ccc4c(c3)CCc3[nH]c([C@@H]5C[C@H]6CN65)nc3-4)cc2[nH]1. The van der Waals surface area contributed by atoms with Gasteiger partial charge in [-0.25, -0.2) is 9.97 Å². The number of hydrogen-bond acceptors (Lipinski definition) is 5. The molecule has 1 aliphatic carbocycles. The van der Waals surface area contributed by atoms with Gasteiger partial charge in [-0.2, -0.15) is 0 Å². The zero-order valence-electron chi connectivity index (χ0n) is 21.0. The lowest BCUT2D eigenvalue weighted by Crippen LogP contribution is -2.36. The van der Waals surface area contributed by atoms with Crippen LogP contribution in [0.3, 0.4) is 0 Å². The third kappa shape index (κ3) is 4.43. The van der Waals surface area contributed by atoms with Gasteiger partial charge in [-0.1, -0.05) is 24.8 Å². The average molecular weight is 490 g/mol. The Kier molecular flexibility index (Phi) is 6.06. The van der Waals surface area contributed by atoms with Gasteiger partial charge in [0.2, 0.25) is 0 Å². The average Bonchev–Trinajstić information content (AvgIpc) is 3.25. The van der Waals surface area contributed by atoms with E-state index >= 15 is 0 Å². The lowest BCUT2D eigenvalue weighted by molar-refractivity contribution is 0.244. The fourth-order valence-electron chi connectivity index (χ4n) is 5.41. The molecule has 0 radical (unpaired) electrons. The zero-order valence-corrected chi connectivity index (χ0v) is 21.0. The molecule has 5 N–H and O–H groups in total. The monoisotopic (exact) mass is 489 g/mol. The number of hydrogen-bond donors (Lipinski definition) is 4. The van der Waals surface area contributed by atoms with E-state index in [1.165, 1.54) is 29.8 Å². The Labute approximate surface area is 217 Å². The van der Waals surface area contributed by atoms with E-state index < -0.39 is 0 Å². The van der Waals surface area contributed by atoms with Gasteiger partial charge < -0.3 is 15.7 Å². The summed E-state index contributed by atoms with van der Waals surface area (Å²) >= 11 is 0. The Hall–Kier alpha value is -3.88. The normalized spacial score (nSPS) is 21.2. The Morgan fingerprint density at radius 3 is 2.68 bits per heavy atom. The van der Waals surface area contributed by atoms with Gasteiger partial charge in [-0.05, 0) is 61.6 Å². The van der Waals surface area contributed by atoms with Crippen LogP contribution < -0.4 is 11.1 Å². The lowest BCUT2D eigenvalue weighted by atomic mass is 9.91. The highest BCUT2D eigenvalue weighted by Crippen LogP contribution is 2.48. The van der Waals surface area contributed by atoms with E-state index in [-0.39, 0.29) is 6.17 Å². The van der Waals surface area contributed by atoms with Gasteiger partial charge in [0.15, 0.2) is 0 Å². The highest BCUT2D eigenvalue weighted by molar-refractivity contribution is 5.77. The number of imidazole rings is 2. The van der Waals surface area contributed by atoms with Crippen molar-refractivity contribution in [2.24, 2.45) is 5.73 Å². The topological polar surface area (TPSA) is 98.4 Å². The largest absolute Gasteiger partial charge is 0.344 e. The molecule has 7 nitrogen and oxygen atoms in total. The summed E-state index contributed by atoms with van der Waals surface area (Å²) in [6, 6.07) is 14.0. The molecule has 2 saturated heterocycles. The third-order valence-electron chi connectivity index (χ3n) is 7.62. The van der Waals surface area contributed by atoms with Gasteiger partial charge >= 0.3 is 0 Å². The minimum atomic E-state index is -0.0193. The summed E-state index contributed by atoms with van der Waals surface area (Å²) in [5, 5.41) is 3.27. The van der Waals surface area contributed by atoms with Crippen LogP contribution in [-0.2, 0) is 19.4 Å². The van der Waals surface area contributed by atoms with Gasteiger partial charge in [0.05, 0.1) is 35.5 Å². The molecule has 4 heterocycles. The number of nitrogens with two attached hydrogens (primary N) is 1. The first-order valence-corrected chi connectivity index (χ1v) is 13.0. The molecule has 2 aromatic carbocycles. The van der Waals surface area contributed by atoms with E-state index in [4.69, 9.17) is 10.7 Å². The quantitative estimate of drug-likeness (QED) is 0.195. The van der Waals surface area contributed by atoms with Crippen molar-refractivity contribution in [2.75, 3.05) is 6.54 Å². The van der Waals surface area contributed by atoms with Crippen molar-refractivity contribution in [2.45, 2.75) is 57.4 Å². The second-order valence-electron chi connectivity index (χ2n) is 9.98. The molecule has 4 atom stereocenters. The van der Waals surface area contributed by atoms with Crippen molar-refractivity contribution in [1.29, 1.82) is 0 Å². The molecule has 2 aliphatic heterocycles. The second kappa shape index (κ2) is 9.53. The first kappa shape index (κ1) is 23.5. The molecule has 186 valence electrons. The Bertz CT molecular complexity index is 1550. The molecule has 2 aromatic heterocycles. The molecule has 0 bridgehead atoms. The van der Waals surface area contributed by atoms with Crippen LogP contribution in [-0.4, -0.2) is 43.6 Å². The van der Waals surface area contributed by atoms with E-state index in [0.717, 1.165) is 64.8 Å². The molecule has 4 aromatic rings. The Balaban J connectivity index is 0.00000123. The minimum Gasteiger partial charge on any atom is -0.344 e. The van der Waals surface area contributed by atoms with Crippen LogP contribution in [0.1, 0.15) is 59.8 Å². The van der Waals surface area contributed by atoms with Crippen molar-refractivity contribution in [3.05, 3.63) is 70.4 Å². The van der Waals surface area contributed by atoms with Crippen LogP contribution in [0.25, 0.3) is 22.3 Å². The maximum absolute atomic E-state index is 5.95. The maximum Gasteiger partial charge on any atom is 0.124 e. The fraction of sp³-hybridized carbons (Fsp3) is 0.333. The summed E-state index contributed by atoms with van der Waals surface area (Å²) in [5.41, 5.74) is 14.9. The molecule has 0 spiro atoms. The molecule has 37 heavy (non-hydrogen) atoms. The van der Waals surface area contributed by atoms with Crippen molar-refractivity contribution < 1.29 is 0 Å².